The van der Waals surface area contributed by atoms with Crippen LogP contribution in [0.15, 0.2) is 23.6 Å². The Morgan fingerprint density at radius 3 is 2.68 bits per heavy atom. The van der Waals surface area contributed by atoms with Gasteiger partial charge in [0.25, 0.3) is 5.91 Å². The number of amides is 2. The molecule has 3 atom stereocenters. The van der Waals surface area contributed by atoms with Crippen LogP contribution in [0, 0.1) is 5.41 Å². The first kappa shape index (κ1) is 19.3. The number of nitrogens with zero attached hydrogens (tertiary/aromatic N) is 1. The van der Waals surface area contributed by atoms with Crippen LogP contribution >= 0.6 is 0 Å². The van der Waals surface area contributed by atoms with Crippen LogP contribution in [0.3, 0.4) is 0 Å². The maximum absolute atomic E-state index is 14.1. The monoisotopic (exact) mass is 351 g/mol. The molecular formula is C18H26FN3O3. The fourth-order valence-electron chi connectivity index (χ4n) is 3.12. The molecule has 0 bridgehead atoms. The molecule has 2 rings (SSSR count). The van der Waals surface area contributed by atoms with Gasteiger partial charge in [-0.15, -0.1) is 0 Å². The van der Waals surface area contributed by atoms with Crippen LogP contribution in [0.25, 0.3) is 0 Å². The van der Waals surface area contributed by atoms with E-state index in [4.69, 9.17) is 5.73 Å². The summed E-state index contributed by atoms with van der Waals surface area (Å²) in [6.07, 6.45) is 5.02. The van der Waals surface area contributed by atoms with Gasteiger partial charge in [0.1, 0.15) is 18.2 Å². The molecule has 1 unspecified atom stereocenters. The molecule has 6 nitrogen and oxygen atoms in total. The van der Waals surface area contributed by atoms with Gasteiger partial charge in [-0.3, -0.25) is 9.59 Å². The lowest BCUT2D eigenvalue weighted by atomic mass is 9.85. The zero-order valence-corrected chi connectivity index (χ0v) is 14.9. The Labute approximate surface area is 147 Å². The van der Waals surface area contributed by atoms with Gasteiger partial charge in [-0.2, -0.15) is 0 Å². The molecule has 2 amide bonds. The number of nitrogens with one attached hydrogen (secondary N) is 1. The molecule has 0 aromatic heterocycles. The van der Waals surface area contributed by atoms with Crippen molar-refractivity contribution < 1.29 is 18.8 Å². The highest BCUT2D eigenvalue weighted by molar-refractivity contribution is 6.00. The van der Waals surface area contributed by atoms with E-state index in [-0.39, 0.29) is 17.9 Å². The minimum atomic E-state index is -0.857. The molecule has 138 valence electrons. The average Bonchev–Trinajstić information content (AvgIpc) is 2.99. The molecule has 25 heavy (non-hydrogen) atoms. The van der Waals surface area contributed by atoms with Crippen molar-refractivity contribution in [3.8, 4) is 0 Å². The molecule has 1 aliphatic carbocycles. The second-order valence-electron chi connectivity index (χ2n) is 7.70. The minimum Gasteiger partial charge on any atom is -0.340 e. The standard InChI is InChI=1S/C18H26FN3O3/c1-18(2,3)15(17(25)22-8-4-5-12(22)10-23)21-16(24)13-7-6-11(20)9-14(13)19/h6-7,10-12,15H,4-5,8-9,20H2,1-3H3,(H,21,24)/t11?,12-,15+/m0/s1. The third kappa shape index (κ3) is 4.34. The molecule has 1 saturated heterocycles. The Bertz CT molecular complexity index is 622. The lowest BCUT2D eigenvalue weighted by Gasteiger charge is -2.35. The normalized spacial score (nSPS) is 25.1. The van der Waals surface area contributed by atoms with Crippen molar-refractivity contribution in [2.75, 3.05) is 6.54 Å². The third-order valence-corrected chi connectivity index (χ3v) is 4.59. The number of halogens is 1. The number of nitrogens with two attached hydrogens (primary N) is 1. The SMILES string of the molecule is CC(C)(C)[C@H](NC(=O)C1=C(F)CC(N)C=C1)C(=O)N1CCC[C@H]1C=O. The number of aldehydes is 1. The van der Waals surface area contributed by atoms with Gasteiger partial charge < -0.3 is 20.7 Å². The molecule has 7 heteroatoms. The molecule has 1 aliphatic heterocycles. The van der Waals surface area contributed by atoms with Crippen molar-refractivity contribution >= 4 is 18.1 Å². The van der Waals surface area contributed by atoms with Gasteiger partial charge in [0.15, 0.2) is 0 Å². The topological polar surface area (TPSA) is 92.5 Å². The van der Waals surface area contributed by atoms with E-state index in [1.54, 1.807) is 6.08 Å². The number of likely N-dealkylation sites (tertiary alicyclic amines) is 1. The molecule has 3 N–H and O–H groups in total. The Hall–Kier alpha value is -2.02. The van der Waals surface area contributed by atoms with Gasteiger partial charge in [0, 0.05) is 19.0 Å². The predicted octanol–water partition coefficient (Wildman–Crippen LogP) is 1.22. The number of rotatable bonds is 4. The lowest BCUT2D eigenvalue weighted by molar-refractivity contribution is -0.141. The summed E-state index contributed by atoms with van der Waals surface area (Å²) in [4.78, 5) is 38.1. The summed E-state index contributed by atoms with van der Waals surface area (Å²) in [5.74, 6) is -1.54. The van der Waals surface area contributed by atoms with E-state index in [1.807, 2.05) is 20.8 Å². The zero-order valence-electron chi connectivity index (χ0n) is 14.9. The van der Waals surface area contributed by atoms with E-state index in [1.165, 1.54) is 11.0 Å². The maximum atomic E-state index is 14.1. The van der Waals surface area contributed by atoms with Gasteiger partial charge in [-0.25, -0.2) is 4.39 Å². The van der Waals surface area contributed by atoms with Gasteiger partial charge in [-0.05, 0) is 24.3 Å². The number of carbonyl (C=O) groups excluding carboxylic acids is 3. The molecule has 1 fully saturated rings. The molecule has 0 aromatic rings. The summed E-state index contributed by atoms with van der Waals surface area (Å²) in [5, 5.41) is 2.66. The minimum absolute atomic E-state index is 0.0350. The Morgan fingerprint density at radius 1 is 1.44 bits per heavy atom. The average molecular weight is 351 g/mol. The van der Waals surface area contributed by atoms with E-state index < -0.39 is 35.3 Å². The Balaban J connectivity index is 2.20. The lowest BCUT2D eigenvalue weighted by Crippen LogP contribution is -2.56. The van der Waals surface area contributed by atoms with Crippen LogP contribution in [0.5, 0.6) is 0 Å². The fourth-order valence-corrected chi connectivity index (χ4v) is 3.12. The molecule has 0 aromatic carbocycles. The molecule has 1 heterocycles. The summed E-state index contributed by atoms with van der Waals surface area (Å²) in [6, 6.07) is -1.77. The van der Waals surface area contributed by atoms with Crippen LogP contribution in [0.4, 0.5) is 4.39 Å². The summed E-state index contributed by atoms with van der Waals surface area (Å²) >= 11 is 0. The van der Waals surface area contributed by atoms with Gasteiger partial charge in [0.2, 0.25) is 5.91 Å². The summed E-state index contributed by atoms with van der Waals surface area (Å²) < 4.78 is 14.1. The smallest absolute Gasteiger partial charge is 0.254 e. The largest absolute Gasteiger partial charge is 0.340 e. The van der Waals surface area contributed by atoms with Gasteiger partial charge >= 0.3 is 0 Å². The highest BCUT2D eigenvalue weighted by Gasteiger charge is 2.40. The second-order valence-corrected chi connectivity index (χ2v) is 7.70. The highest BCUT2D eigenvalue weighted by Crippen LogP contribution is 2.26. The fraction of sp³-hybridized carbons (Fsp3) is 0.611. The van der Waals surface area contributed by atoms with E-state index in [2.05, 4.69) is 5.32 Å². The number of hydrogen-bond acceptors (Lipinski definition) is 4. The van der Waals surface area contributed by atoms with E-state index >= 15 is 0 Å². The zero-order chi connectivity index (χ0) is 18.8. The third-order valence-electron chi connectivity index (χ3n) is 4.59. The summed E-state index contributed by atoms with van der Waals surface area (Å²) in [5.41, 5.74) is 4.94. The van der Waals surface area contributed by atoms with Gasteiger partial charge in [-0.1, -0.05) is 26.8 Å². The predicted molar refractivity (Wildman–Crippen MR) is 92.1 cm³/mol. The van der Waals surface area contributed by atoms with Crippen molar-refractivity contribution in [1.29, 1.82) is 0 Å². The first-order valence-electron chi connectivity index (χ1n) is 8.54. The number of hydrogen-bond donors (Lipinski definition) is 2. The van der Waals surface area contributed by atoms with Crippen molar-refractivity contribution in [3.05, 3.63) is 23.6 Å². The van der Waals surface area contributed by atoms with Crippen molar-refractivity contribution in [1.82, 2.24) is 10.2 Å². The van der Waals surface area contributed by atoms with Gasteiger partial charge in [0.05, 0.1) is 11.6 Å². The van der Waals surface area contributed by atoms with Crippen LogP contribution < -0.4 is 11.1 Å². The molecular weight excluding hydrogens is 325 g/mol. The Kier molecular flexibility index (Phi) is 5.77. The Morgan fingerprint density at radius 2 is 2.12 bits per heavy atom. The van der Waals surface area contributed by atoms with Crippen LogP contribution in [-0.2, 0) is 14.4 Å². The van der Waals surface area contributed by atoms with Crippen molar-refractivity contribution in [2.24, 2.45) is 11.1 Å². The van der Waals surface area contributed by atoms with Crippen molar-refractivity contribution in [3.63, 3.8) is 0 Å². The molecule has 2 aliphatic rings. The highest BCUT2D eigenvalue weighted by atomic mass is 19.1. The van der Waals surface area contributed by atoms with Crippen molar-refractivity contribution in [2.45, 2.75) is 58.2 Å². The first-order chi connectivity index (χ1) is 11.6. The van der Waals surface area contributed by atoms with Crippen LogP contribution in [-0.4, -0.2) is 47.7 Å². The first-order valence-corrected chi connectivity index (χ1v) is 8.54. The maximum Gasteiger partial charge on any atom is 0.254 e. The molecule has 0 spiro atoms. The van der Waals surface area contributed by atoms with E-state index in [0.29, 0.717) is 13.0 Å². The van der Waals surface area contributed by atoms with Crippen LogP contribution in [0.1, 0.15) is 40.0 Å². The molecule has 0 saturated carbocycles. The summed E-state index contributed by atoms with van der Waals surface area (Å²) in [6.45, 7) is 5.94. The van der Waals surface area contributed by atoms with E-state index in [9.17, 15) is 18.8 Å². The number of carbonyl (C=O) groups is 3. The molecule has 0 radical (unpaired) electrons. The quantitative estimate of drug-likeness (QED) is 0.745. The van der Waals surface area contributed by atoms with E-state index in [0.717, 1.165) is 12.7 Å². The van der Waals surface area contributed by atoms with Crippen LogP contribution in [0.2, 0.25) is 0 Å². The second kappa shape index (κ2) is 7.47. The summed E-state index contributed by atoms with van der Waals surface area (Å²) in [7, 11) is 0.